The Bertz CT molecular complexity index is 1280. The number of hydrogen-bond donors (Lipinski definition) is 2. The molecule has 1 aliphatic heterocycles. The number of carbonyl (C=O) groups excluding carboxylic acids is 2. The van der Waals surface area contributed by atoms with Crippen LogP contribution in [0.2, 0.25) is 0 Å². The second kappa shape index (κ2) is 9.53. The zero-order valence-corrected chi connectivity index (χ0v) is 18.3. The molecule has 4 rings (SSSR count). The molecule has 2 heterocycles. The van der Waals surface area contributed by atoms with Gasteiger partial charge in [-0.2, -0.15) is 5.26 Å². The third kappa shape index (κ3) is 5.01. The number of aryl methyl sites for hydroxylation is 1. The van der Waals surface area contributed by atoms with E-state index in [1.807, 2.05) is 42.2 Å². The minimum Gasteiger partial charge on any atom is -0.339 e. The van der Waals surface area contributed by atoms with E-state index in [-0.39, 0.29) is 17.0 Å². The summed E-state index contributed by atoms with van der Waals surface area (Å²) in [6.07, 6.45) is 3.14. The number of carbonyl (C=O) groups is 2. The maximum absolute atomic E-state index is 13.1. The number of hydrogen-bond acceptors (Lipinski definition) is 4. The van der Waals surface area contributed by atoms with Crippen LogP contribution in [0, 0.1) is 18.3 Å². The van der Waals surface area contributed by atoms with Crippen molar-refractivity contribution in [2.24, 2.45) is 0 Å². The van der Waals surface area contributed by atoms with Crippen molar-refractivity contribution in [3.05, 3.63) is 99.0 Å². The summed E-state index contributed by atoms with van der Waals surface area (Å²) in [6.45, 7) is 3.14. The van der Waals surface area contributed by atoms with Crippen LogP contribution in [0.15, 0.2) is 65.6 Å². The van der Waals surface area contributed by atoms with E-state index in [2.05, 4.69) is 16.4 Å². The number of rotatable bonds is 4. The molecule has 1 aliphatic rings. The molecule has 0 radical (unpaired) electrons. The largest absolute Gasteiger partial charge is 0.339 e. The van der Waals surface area contributed by atoms with Crippen molar-refractivity contribution < 1.29 is 9.59 Å². The smallest absolute Gasteiger partial charge is 0.255 e. The zero-order chi connectivity index (χ0) is 23.4. The molecule has 7 nitrogen and oxygen atoms in total. The predicted molar refractivity (Wildman–Crippen MR) is 125 cm³/mol. The number of aromatic nitrogens is 1. The maximum atomic E-state index is 13.1. The van der Waals surface area contributed by atoms with E-state index >= 15 is 0 Å². The molecule has 0 aliphatic carbocycles. The number of pyridine rings is 1. The summed E-state index contributed by atoms with van der Waals surface area (Å²) in [6, 6.07) is 17.8. The van der Waals surface area contributed by atoms with Crippen LogP contribution in [0.5, 0.6) is 0 Å². The van der Waals surface area contributed by atoms with Gasteiger partial charge in [0, 0.05) is 42.2 Å². The molecular weight excluding hydrogens is 416 g/mol. The lowest BCUT2D eigenvalue weighted by Gasteiger charge is -2.32. The van der Waals surface area contributed by atoms with Gasteiger partial charge < -0.3 is 15.2 Å². The summed E-state index contributed by atoms with van der Waals surface area (Å²) in [5.41, 5.74) is 3.61. The van der Waals surface area contributed by atoms with E-state index in [0.29, 0.717) is 35.8 Å². The van der Waals surface area contributed by atoms with E-state index in [0.717, 1.165) is 18.4 Å². The van der Waals surface area contributed by atoms with Crippen molar-refractivity contribution in [3.8, 4) is 6.07 Å². The second-order valence-electron chi connectivity index (χ2n) is 8.23. The number of nitrogens with one attached hydrogen (secondary N) is 2. The molecule has 2 aromatic carbocycles. The summed E-state index contributed by atoms with van der Waals surface area (Å²) in [7, 11) is 0. The predicted octanol–water partition coefficient (Wildman–Crippen LogP) is 3.83. The molecule has 0 saturated carbocycles. The van der Waals surface area contributed by atoms with Gasteiger partial charge in [0.2, 0.25) is 5.56 Å². The standard InChI is InChI=1S/C26H24N4O3/c1-17-2-5-22(14-23(17)29-25(32)21-8-11-28-24(31)15-21)26(33)30-12-9-20(10-13-30)19-6-3-18(16-27)4-7-19/h2-8,11,14-15,20H,9-10,12-13H2,1H3,(H,28,31)(H,29,32). The monoisotopic (exact) mass is 440 g/mol. The number of aromatic amines is 1. The number of anilines is 1. The number of amides is 2. The third-order valence-electron chi connectivity index (χ3n) is 6.06. The van der Waals surface area contributed by atoms with Gasteiger partial charge in [-0.1, -0.05) is 18.2 Å². The van der Waals surface area contributed by atoms with Gasteiger partial charge in [-0.15, -0.1) is 0 Å². The van der Waals surface area contributed by atoms with Crippen molar-refractivity contribution in [3.63, 3.8) is 0 Å². The first kappa shape index (κ1) is 22.0. The number of nitriles is 1. The summed E-state index contributed by atoms with van der Waals surface area (Å²) in [5.74, 6) is -0.111. The average Bonchev–Trinajstić information content (AvgIpc) is 2.85. The first-order valence-electron chi connectivity index (χ1n) is 10.8. The van der Waals surface area contributed by atoms with Gasteiger partial charge in [-0.05, 0) is 67.1 Å². The molecule has 0 unspecified atom stereocenters. The van der Waals surface area contributed by atoms with Crippen molar-refractivity contribution in [1.29, 1.82) is 5.26 Å². The highest BCUT2D eigenvalue weighted by Crippen LogP contribution is 2.29. The Morgan fingerprint density at radius 3 is 2.42 bits per heavy atom. The Labute approximate surface area is 191 Å². The molecule has 0 spiro atoms. The molecule has 1 aromatic heterocycles. The van der Waals surface area contributed by atoms with E-state index in [4.69, 9.17) is 5.26 Å². The van der Waals surface area contributed by atoms with E-state index < -0.39 is 5.91 Å². The Morgan fingerprint density at radius 2 is 1.76 bits per heavy atom. The Morgan fingerprint density at radius 1 is 1.03 bits per heavy atom. The van der Waals surface area contributed by atoms with Crippen LogP contribution in [0.25, 0.3) is 0 Å². The molecule has 0 bridgehead atoms. The van der Waals surface area contributed by atoms with Crippen LogP contribution >= 0.6 is 0 Å². The van der Waals surface area contributed by atoms with Gasteiger partial charge >= 0.3 is 0 Å². The first-order valence-corrected chi connectivity index (χ1v) is 10.8. The van der Waals surface area contributed by atoms with Gasteiger partial charge in [0.1, 0.15) is 0 Å². The average molecular weight is 441 g/mol. The summed E-state index contributed by atoms with van der Waals surface area (Å²) in [4.78, 5) is 41.5. The normalized spacial score (nSPS) is 13.9. The molecule has 7 heteroatoms. The molecule has 166 valence electrons. The number of H-pyrrole nitrogens is 1. The minimum atomic E-state index is -0.406. The van der Waals surface area contributed by atoms with E-state index in [9.17, 15) is 14.4 Å². The lowest BCUT2D eigenvalue weighted by Crippen LogP contribution is -2.38. The van der Waals surface area contributed by atoms with Crippen LogP contribution in [-0.2, 0) is 0 Å². The van der Waals surface area contributed by atoms with Gasteiger partial charge in [0.05, 0.1) is 11.6 Å². The number of piperidine rings is 1. The van der Waals surface area contributed by atoms with E-state index in [1.165, 1.54) is 23.9 Å². The molecule has 33 heavy (non-hydrogen) atoms. The quantitative estimate of drug-likeness (QED) is 0.643. The Hall–Kier alpha value is -4.18. The van der Waals surface area contributed by atoms with Crippen LogP contribution < -0.4 is 10.9 Å². The SMILES string of the molecule is Cc1ccc(C(=O)N2CCC(c3ccc(C#N)cc3)CC2)cc1NC(=O)c1cc[nH]c(=O)c1. The van der Waals surface area contributed by atoms with Gasteiger partial charge in [0.15, 0.2) is 0 Å². The van der Waals surface area contributed by atoms with Crippen LogP contribution in [-0.4, -0.2) is 34.8 Å². The van der Waals surface area contributed by atoms with Crippen molar-refractivity contribution in [2.75, 3.05) is 18.4 Å². The third-order valence-corrected chi connectivity index (χ3v) is 6.06. The van der Waals surface area contributed by atoms with E-state index in [1.54, 1.807) is 12.1 Å². The first-order chi connectivity index (χ1) is 15.9. The summed E-state index contributed by atoms with van der Waals surface area (Å²) in [5, 5.41) is 11.8. The Balaban J connectivity index is 1.43. The lowest BCUT2D eigenvalue weighted by molar-refractivity contribution is 0.0712. The zero-order valence-electron chi connectivity index (χ0n) is 18.3. The van der Waals surface area contributed by atoms with Gasteiger partial charge in [-0.3, -0.25) is 14.4 Å². The van der Waals surface area contributed by atoms with Crippen LogP contribution in [0.4, 0.5) is 5.69 Å². The Kier molecular flexibility index (Phi) is 6.36. The number of likely N-dealkylation sites (tertiary alicyclic amines) is 1. The topological polar surface area (TPSA) is 106 Å². The molecule has 1 saturated heterocycles. The highest BCUT2D eigenvalue weighted by molar-refractivity contribution is 6.05. The second-order valence-corrected chi connectivity index (χ2v) is 8.23. The summed E-state index contributed by atoms with van der Waals surface area (Å²) >= 11 is 0. The molecule has 0 atom stereocenters. The number of nitrogens with zero attached hydrogens (tertiary/aromatic N) is 2. The molecule has 1 fully saturated rings. The summed E-state index contributed by atoms with van der Waals surface area (Å²) < 4.78 is 0. The van der Waals surface area contributed by atoms with Gasteiger partial charge in [0.25, 0.3) is 11.8 Å². The fraction of sp³-hybridized carbons (Fsp3) is 0.231. The fourth-order valence-corrected chi connectivity index (χ4v) is 4.10. The maximum Gasteiger partial charge on any atom is 0.255 e. The fourth-order valence-electron chi connectivity index (χ4n) is 4.10. The molecule has 2 amide bonds. The van der Waals surface area contributed by atoms with Crippen molar-refractivity contribution >= 4 is 17.5 Å². The number of benzene rings is 2. The van der Waals surface area contributed by atoms with Gasteiger partial charge in [-0.25, -0.2) is 0 Å². The molecule has 3 aromatic rings. The molecular formula is C26H24N4O3. The van der Waals surface area contributed by atoms with Crippen LogP contribution in [0.1, 0.15) is 56.2 Å². The van der Waals surface area contributed by atoms with Crippen LogP contribution in [0.3, 0.4) is 0 Å². The minimum absolute atomic E-state index is 0.0695. The van der Waals surface area contributed by atoms with Crippen molar-refractivity contribution in [2.45, 2.75) is 25.7 Å². The highest BCUT2D eigenvalue weighted by atomic mass is 16.2. The molecule has 2 N–H and O–H groups in total. The van der Waals surface area contributed by atoms with Crippen molar-refractivity contribution in [1.82, 2.24) is 9.88 Å². The highest BCUT2D eigenvalue weighted by Gasteiger charge is 2.25. The lowest BCUT2D eigenvalue weighted by atomic mass is 9.89.